The third-order valence-electron chi connectivity index (χ3n) is 5.79. The molecule has 1 aliphatic heterocycles. The molecule has 0 fully saturated rings. The molecule has 0 bridgehead atoms. The summed E-state index contributed by atoms with van der Waals surface area (Å²) in [6, 6.07) is 24.6. The number of ether oxygens (including phenoxy) is 1. The predicted octanol–water partition coefficient (Wildman–Crippen LogP) is 5.32. The van der Waals surface area contributed by atoms with E-state index in [1.807, 2.05) is 30.3 Å². The Hall–Kier alpha value is -3.53. The molecule has 0 aliphatic carbocycles. The van der Waals surface area contributed by atoms with Crippen LogP contribution in [0.1, 0.15) is 23.8 Å². The van der Waals surface area contributed by atoms with Gasteiger partial charge >= 0.3 is 0 Å². The Labute approximate surface area is 175 Å². The Kier molecular flexibility index (Phi) is 4.75. The van der Waals surface area contributed by atoms with Gasteiger partial charge in [0.1, 0.15) is 18.6 Å². The molecule has 0 saturated carbocycles. The van der Waals surface area contributed by atoms with Crippen molar-refractivity contribution < 1.29 is 9.15 Å². The van der Waals surface area contributed by atoms with E-state index >= 15 is 0 Å². The van der Waals surface area contributed by atoms with Gasteiger partial charge < -0.3 is 14.1 Å². The molecule has 1 aliphatic rings. The van der Waals surface area contributed by atoms with E-state index in [9.17, 15) is 4.79 Å². The topological polar surface area (TPSA) is 42.7 Å². The van der Waals surface area contributed by atoms with Gasteiger partial charge in [0, 0.05) is 17.8 Å². The molecule has 4 nitrogen and oxygen atoms in total. The minimum atomic E-state index is -0.156. The number of anilines is 1. The van der Waals surface area contributed by atoms with E-state index in [1.165, 1.54) is 17.5 Å². The van der Waals surface area contributed by atoms with Gasteiger partial charge in [-0.2, -0.15) is 0 Å². The van der Waals surface area contributed by atoms with Crippen LogP contribution in [0.15, 0.2) is 88.3 Å². The van der Waals surface area contributed by atoms with Crippen LogP contribution in [-0.2, 0) is 19.6 Å². The van der Waals surface area contributed by atoms with Gasteiger partial charge in [-0.1, -0.05) is 60.7 Å². The lowest BCUT2D eigenvalue weighted by atomic mass is 10.1. The van der Waals surface area contributed by atoms with Gasteiger partial charge in [0.25, 0.3) is 0 Å². The summed E-state index contributed by atoms with van der Waals surface area (Å²) < 4.78 is 11.6. The summed E-state index contributed by atoms with van der Waals surface area (Å²) in [5.74, 6) is 0.877. The Bertz CT molecular complexity index is 1260. The average Bonchev–Trinajstić information content (AvgIpc) is 3.08. The van der Waals surface area contributed by atoms with Gasteiger partial charge in [-0.3, -0.25) is 4.79 Å². The molecule has 3 aromatic carbocycles. The van der Waals surface area contributed by atoms with Gasteiger partial charge in [0.15, 0.2) is 0 Å². The molecule has 5 rings (SSSR count). The maximum atomic E-state index is 12.6. The smallest absolute Gasteiger partial charge is 0.227 e. The Balaban J connectivity index is 1.32. The summed E-state index contributed by atoms with van der Waals surface area (Å²) in [5, 5.41) is 2.28. The summed E-state index contributed by atoms with van der Waals surface area (Å²) in [5.41, 5.74) is 3.43. The van der Waals surface area contributed by atoms with Crippen LogP contribution in [0.2, 0.25) is 0 Å². The van der Waals surface area contributed by atoms with Crippen molar-refractivity contribution in [3.63, 3.8) is 0 Å². The lowest BCUT2D eigenvalue weighted by Gasteiger charge is -2.24. The van der Waals surface area contributed by atoms with Crippen molar-refractivity contribution in [1.29, 1.82) is 0 Å². The molecule has 0 unspecified atom stereocenters. The molecule has 0 radical (unpaired) electrons. The molecule has 4 aromatic rings. The van der Waals surface area contributed by atoms with Crippen LogP contribution in [-0.4, -0.2) is 6.04 Å². The van der Waals surface area contributed by atoms with Crippen LogP contribution in [0.5, 0.6) is 5.75 Å². The van der Waals surface area contributed by atoms with E-state index in [0.29, 0.717) is 25.0 Å². The van der Waals surface area contributed by atoms with Crippen molar-refractivity contribution in [3.8, 4) is 5.75 Å². The highest BCUT2D eigenvalue weighted by Gasteiger charge is 2.26. The number of benzene rings is 3. The summed E-state index contributed by atoms with van der Waals surface area (Å²) in [6.45, 7) is 3.08. The molecule has 2 heterocycles. The lowest BCUT2D eigenvalue weighted by molar-refractivity contribution is 0.290. The minimum absolute atomic E-state index is 0.156. The minimum Gasteiger partial charge on any atom is -0.482 e. The van der Waals surface area contributed by atoms with Crippen molar-refractivity contribution in [2.24, 2.45) is 0 Å². The first-order valence-electron chi connectivity index (χ1n) is 10.2. The van der Waals surface area contributed by atoms with Crippen molar-refractivity contribution in [2.75, 3.05) is 4.90 Å². The molecular formula is C26H23NO3. The normalized spacial score (nSPS) is 15.4. The van der Waals surface area contributed by atoms with E-state index < -0.39 is 0 Å². The van der Waals surface area contributed by atoms with Crippen LogP contribution in [0.4, 0.5) is 5.69 Å². The Morgan fingerprint density at radius 2 is 1.83 bits per heavy atom. The highest BCUT2D eigenvalue weighted by Crippen LogP contribution is 2.33. The van der Waals surface area contributed by atoms with E-state index in [-0.39, 0.29) is 11.2 Å². The Morgan fingerprint density at radius 1 is 1.03 bits per heavy atom. The largest absolute Gasteiger partial charge is 0.482 e. The molecular weight excluding hydrogens is 374 g/mol. The molecule has 0 amide bonds. The van der Waals surface area contributed by atoms with Crippen LogP contribution >= 0.6 is 0 Å². The van der Waals surface area contributed by atoms with Gasteiger partial charge in [-0.25, -0.2) is 0 Å². The number of hydrogen-bond donors (Lipinski definition) is 0. The number of fused-ring (bicyclic) bond motifs is 2. The number of rotatable bonds is 5. The predicted molar refractivity (Wildman–Crippen MR) is 119 cm³/mol. The molecule has 0 spiro atoms. The summed E-state index contributed by atoms with van der Waals surface area (Å²) in [6.07, 6.45) is 2.45. The highest BCUT2D eigenvalue weighted by molar-refractivity contribution is 5.85. The van der Waals surface area contributed by atoms with E-state index in [0.717, 1.165) is 22.8 Å². The quantitative estimate of drug-likeness (QED) is 0.457. The second-order valence-electron chi connectivity index (χ2n) is 7.81. The van der Waals surface area contributed by atoms with Crippen LogP contribution in [0, 0.1) is 0 Å². The zero-order valence-corrected chi connectivity index (χ0v) is 16.9. The summed E-state index contributed by atoms with van der Waals surface area (Å²) in [7, 11) is 0. The number of hydrogen-bond acceptors (Lipinski definition) is 4. The van der Waals surface area contributed by atoms with Gasteiger partial charge in [0.05, 0.1) is 6.54 Å². The van der Waals surface area contributed by atoms with E-state index in [1.54, 1.807) is 6.07 Å². The summed E-state index contributed by atoms with van der Waals surface area (Å²) >= 11 is 0. The molecule has 0 N–H and O–H groups in total. The van der Waals surface area contributed by atoms with Crippen molar-refractivity contribution in [2.45, 2.75) is 32.5 Å². The first-order chi connectivity index (χ1) is 14.7. The standard InChI is InChI=1S/C26H23NO3/c1-18-13-20-8-3-5-12-24(20)27(18)15-22-14-25(28)26(17-29-22)30-16-21-10-6-9-19-7-2-4-11-23(19)21/h2-12,14,17-18H,13,15-16H2,1H3/t18-/m0/s1. The molecule has 1 aromatic heterocycles. The Morgan fingerprint density at radius 3 is 2.73 bits per heavy atom. The fourth-order valence-electron chi connectivity index (χ4n) is 4.24. The van der Waals surface area contributed by atoms with Gasteiger partial charge in [0.2, 0.25) is 11.2 Å². The van der Waals surface area contributed by atoms with Crippen molar-refractivity contribution >= 4 is 16.5 Å². The SMILES string of the molecule is C[C@H]1Cc2ccccc2N1Cc1cc(=O)c(OCc2cccc3ccccc23)co1. The molecule has 30 heavy (non-hydrogen) atoms. The summed E-state index contributed by atoms with van der Waals surface area (Å²) in [4.78, 5) is 14.9. The molecule has 0 saturated heterocycles. The third kappa shape index (κ3) is 3.45. The van der Waals surface area contributed by atoms with Crippen molar-refractivity contribution in [3.05, 3.63) is 106 Å². The van der Waals surface area contributed by atoms with Gasteiger partial charge in [-0.05, 0) is 41.3 Å². The highest BCUT2D eigenvalue weighted by atomic mass is 16.5. The van der Waals surface area contributed by atoms with Crippen LogP contribution in [0.25, 0.3) is 10.8 Å². The van der Waals surface area contributed by atoms with Crippen LogP contribution in [0.3, 0.4) is 0 Å². The molecule has 1 atom stereocenters. The molecule has 4 heteroatoms. The fraction of sp³-hybridized carbons (Fsp3) is 0.192. The second kappa shape index (κ2) is 7.71. The average molecular weight is 397 g/mol. The first-order valence-corrected chi connectivity index (χ1v) is 10.2. The zero-order valence-electron chi connectivity index (χ0n) is 16.9. The fourth-order valence-corrected chi connectivity index (χ4v) is 4.24. The number of para-hydroxylation sites is 1. The monoisotopic (exact) mass is 397 g/mol. The van der Waals surface area contributed by atoms with Crippen molar-refractivity contribution in [1.82, 2.24) is 0 Å². The lowest BCUT2D eigenvalue weighted by Crippen LogP contribution is -2.29. The molecule has 150 valence electrons. The third-order valence-corrected chi connectivity index (χ3v) is 5.79. The van der Waals surface area contributed by atoms with Crippen LogP contribution < -0.4 is 15.1 Å². The second-order valence-corrected chi connectivity index (χ2v) is 7.81. The number of nitrogens with zero attached hydrogens (tertiary/aromatic N) is 1. The maximum Gasteiger partial charge on any atom is 0.227 e. The van der Waals surface area contributed by atoms with Gasteiger partial charge in [-0.15, -0.1) is 0 Å². The maximum absolute atomic E-state index is 12.6. The van der Waals surface area contributed by atoms with E-state index in [2.05, 4.69) is 48.2 Å². The van der Waals surface area contributed by atoms with E-state index in [4.69, 9.17) is 9.15 Å². The first kappa shape index (κ1) is 18.5. The zero-order chi connectivity index (χ0) is 20.5.